The van der Waals surface area contributed by atoms with Gasteiger partial charge in [-0.1, -0.05) is 0 Å². The zero-order valence-corrected chi connectivity index (χ0v) is 16.1. The van der Waals surface area contributed by atoms with Crippen molar-refractivity contribution in [1.29, 1.82) is 0 Å². The molecule has 1 aromatic carbocycles. The number of benzene rings is 1. The fraction of sp³-hybridized carbons (Fsp3) is 0.533. The third-order valence-corrected chi connectivity index (χ3v) is 3.70. The zero-order chi connectivity index (χ0) is 15.2. The van der Waals surface area contributed by atoms with E-state index in [0.29, 0.717) is 6.54 Å². The van der Waals surface area contributed by atoms with Gasteiger partial charge in [-0.2, -0.15) is 0 Å². The molecule has 0 radical (unpaired) electrons. The van der Waals surface area contributed by atoms with E-state index in [4.69, 9.17) is 5.73 Å². The Labute approximate surface area is 161 Å². The number of hydrogen-bond acceptors (Lipinski definition) is 4. The van der Waals surface area contributed by atoms with E-state index < -0.39 is 6.04 Å². The maximum absolute atomic E-state index is 12.9. The van der Waals surface area contributed by atoms with Crippen molar-refractivity contribution in [2.75, 3.05) is 44.2 Å². The van der Waals surface area contributed by atoms with Crippen LogP contribution in [0.1, 0.15) is 6.92 Å². The van der Waals surface area contributed by atoms with Gasteiger partial charge in [-0.3, -0.25) is 9.69 Å². The summed E-state index contributed by atoms with van der Waals surface area (Å²) in [5.41, 5.74) is 6.55. The van der Waals surface area contributed by atoms with Gasteiger partial charge in [0.1, 0.15) is 5.82 Å². The number of amides is 1. The third-order valence-electron chi connectivity index (χ3n) is 3.70. The second-order valence-electron chi connectivity index (χ2n) is 5.38. The van der Waals surface area contributed by atoms with Crippen molar-refractivity contribution in [3.63, 3.8) is 0 Å². The van der Waals surface area contributed by atoms with E-state index in [0.717, 1.165) is 38.4 Å². The van der Waals surface area contributed by atoms with Crippen molar-refractivity contribution in [3.05, 3.63) is 30.1 Å². The minimum atomic E-state index is -0.458. The van der Waals surface area contributed by atoms with E-state index >= 15 is 0 Å². The van der Waals surface area contributed by atoms with Crippen LogP contribution in [0.5, 0.6) is 0 Å². The molecule has 0 aromatic heterocycles. The molecule has 0 spiro atoms. The summed E-state index contributed by atoms with van der Waals surface area (Å²) in [4.78, 5) is 15.9. The van der Waals surface area contributed by atoms with Crippen LogP contribution in [0.25, 0.3) is 0 Å². The lowest BCUT2D eigenvalue weighted by atomic mass is 10.2. The molecule has 1 aromatic rings. The maximum atomic E-state index is 12.9. The summed E-state index contributed by atoms with van der Waals surface area (Å²) >= 11 is 0. The van der Waals surface area contributed by atoms with Crippen molar-refractivity contribution in [3.8, 4) is 0 Å². The molecule has 3 N–H and O–H groups in total. The normalized spacial score (nSPS) is 15.4. The van der Waals surface area contributed by atoms with Crippen LogP contribution in [0.4, 0.5) is 10.1 Å². The molecule has 0 unspecified atom stereocenters. The molecular weight excluding hydrogens is 378 g/mol. The van der Waals surface area contributed by atoms with Gasteiger partial charge in [-0.05, 0) is 31.2 Å². The Balaban J connectivity index is 0. The van der Waals surface area contributed by atoms with Crippen LogP contribution in [-0.4, -0.2) is 56.1 Å². The summed E-state index contributed by atoms with van der Waals surface area (Å²) in [7, 11) is 0. The lowest BCUT2D eigenvalue weighted by Crippen LogP contribution is -2.49. The Kier molecular flexibility index (Phi) is 13.3. The van der Waals surface area contributed by atoms with Gasteiger partial charge in [0.2, 0.25) is 5.91 Å². The Morgan fingerprint density at radius 1 is 1.17 bits per heavy atom. The van der Waals surface area contributed by atoms with Crippen molar-refractivity contribution < 1.29 is 9.18 Å². The van der Waals surface area contributed by atoms with Crippen LogP contribution in [0.2, 0.25) is 0 Å². The second-order valence-corrected chi connectivity index (χ2v) is 5.38. The molecule has 0 saturated carbocycles. The first-order valence-corrected chi connectivity index (χ1v) is 7.32. The molecule has 0 aliphatic carbocycles. The Bertz CT molecular complexity index is 468. The first-order valence-electron chi connectivity index (χ1n) is 7.32. The topological polar surface area (TPSA) is 61.6 Å². The first kappa shape index (κ1) is 25.5. The minimum absolute atomic E-state index is 0. The molecule has 9 heteroatoms. The highest BCUT2D eigenvalue weighted by molar-refractivity contribution is 5.86. The predicted molar refractivity (Wildman–Crippen MR) is 103 cm³/mol. The molecule has 1 aliphatic heterocycles. The lowest BCUT2D eigenvalue weighted by molar-refractivity contribution is -0.122. The van der Waals surface area contributed by atoms with Crippen molar-refractivity contribution in [1.82, 2.24) is 10.2 Å². The molecule has 1 heterocycles. The summed E-state index contributed by atoms with van der Waals surface area (Å²) < 4.78 is 12.9. The molecule has 1 amide bonds. The van der Waals surface area contributed by atoms with Gasteiger partial charge in [0.25, 0.3) is 0 Å². The van der Waals surface area contributed by atoms with Gasteiger partial charge in [-0.15, -0.1) is 37.2 Å². The van der Waals surface area contributed by atoms with E-state index in [1.807, 2.05) is 12.1 Å². The summed E-state index contributed by atoms with van der Waals surface area (Å²) in [6, 6.07) is 6.15. The van der Waals surface area contributed by atoms with Gasteiger partial charge in [0.05, 0.1) is 6.04 Å². The van der Waals surface area contributed by atoms with E-state index in [1.54, 1.807) is 6.92 Å². The number of carbonyl (C=O) groups is 1. The average Bonchev–Trinajstić information content (AvgIpc) is 2.48. The predicted octanol–water partition coefficient (Wildman–Crippen LogP) is 1.68. The quantitative estimate of drug-likeness (QED) is 0.785. The molecule has 1 atom stereocenters. The summed E-state index contributed by atoms with van der Waals surface area (Å²) in [6.45, 7) is 6.82. The van der Waals surface area contributed by atoms with E-state index in [-0.39, 0.29) is 48.9 Å². The van der Waals surface area contributed by atoms with Crippen LogP contribution in [0, 0.1) is 5.82 Å². The fourth-order valence-corrected chi connectivity index (χ4v) is 2.38. The van der Waals surface area contributed by atoms with Gasteiger partial charge in [-0.25, -0.2) is 4.39 Å². The van der Waals surface area contributed by atoms with Crippen LogP contribution in [0.15, 0.2) is 24.3 Å². The number of nitrogens with two attached hydrogens (primary N) is 1. The number of carbonyl (C=O) groups excluding carboxylic acids is 1. The Morgan fingerprint density at radius 3 is 2.21 bits per heavy atom. The fourth-order valence-electron chi connectivity index (χ4n) is 2.38. The van der Waals surface area contributed by atoms with Crippen LogP contribution in [-0.2, 0) is 4.79 Å². The first-order chi connectivity index (χ1) is 10.1. The number of halogens is 4. The molecular formula is C15H26Cl3FN4O. The highest BCUT2D eigenvalue weighted by atomic mass is 35.5. The SMILES string of the molecule is C[C@@H](N)C(=O)NCCN1CCN(c2ccc(F)cc2)CC1.Cl.Cl.Cl. The molecule has 1 fully saturated rings. The summed E-state index contributed by atoms with van der Waals surface area (Å²) in [6.07, 6.45) is 0. The molecule has 5 nitrogen and oxygen atoms in total. The number of nitrogens with one attached hydrogen (secondary N) is 1. The molecule has 1 aliphatic rings. The lowest BCUT2D eigenvalue weighted by Gasteiger charge is -2.36. The second kappa shape index (κ2) is 12.6. The highest BCUT2D eigenvalue weighted by Gasteiger charge is 2.17. The third kappa shape index (κ3) is 7.85. The molecule has 2 rings (SSSR count). The molecule has 24 heavy (non-hydrogen) atoms. The average molecular weight is 404 g/mol. The number of anilines is 1. The highest BCUT2D eigenvalue weighted by Crippen LogP contribution is 2.16. The molecule has 140 valence electrons. The number of piperazine rings is 1. The van der Waals surface area contributed by atoms with Gasteiger partial charge >= 0.3 is 0 Å². The van der Waals surface area contributed by atoms with Crippen molar-refractivity contribution in [2.24, 2.45) is 5.73 Å². The molecule has 0 bridgehead atoms. The minimum Gasteiger partial charge on any atom is -0.369 e. The molecule has 1 saturated heterocycles. The van der Waals surface area contributed by atoms with Gasteiger partial charge in [0, 0.05) is 45.0 Å². The zero-order valence-electron chi connectivity index (χ0n) is 13.6. The van der Waals surface area contributed by atoms with Crippen LogP contribution < -0.4 is 16.0 Å². The summed E-state index contributed by atoms with van der Waals surface area (Å²) in [5, 5.41) is 2.82. The largest absolute Gasteiger partial charge is 0.369 e. The van der Waals surface area contributed by atoms with Crippen molar-refractivity contribution in [2.45, 2.75) is 13.0 Å². The maximum Gasteiger partial charge on any atom is 0.236 e. The van der Waals surface area contributed by atoms with Gasteiger partial charge < -0.3 is 16.0 Å². The number of rotatable bonds is 5. The van der Waals surface area contributed by atoms with E-state index in [2.05, 4.69) is 15.1 Å². The number of nitrogens with zero attached hydrogens (tertiary/aromatic N) is 2. The summed E-state index contributed by atoms with van der Waals surface area (Å²) in [5.74, 6) is -0.317. The monoisotopic (exact) mass is 402 g/mol. The van der Waals surface area contributed by atoms with E-state index in [9.17, 15) is 9.18 Å². The Hall–Kier alpha value is -0.790. The number of hydrogen-bond donors (Lipinski definition) is 2. The van der Waals surface area contributed by atoms with Crippen LogP contribution >= 0.6 is 37.2 Å². The Morgan fingerprint density at radius 2 is 1.71 bits per heavy atom. The van der Waals surface area contributed by atoms with E-state index in [1.165, 1.54) is 12.1 Å². The van der Waals surface area contributed by atoms with Gasteiger partial charge in [0.15, 0.2) is 0 Å². The standard InChI is InChI=1S/C15H23FN4O.3ClH/c1-12(17)15(21)18-6-7-19-8-10-20(11-9-19)14-4-2-13(16)3-5-14;;;/h2-5,12H,6-11,17H2,1H3,(H,18,21);3*1H/t12-;;;/m1.../s1. The smallest absolute Gasteiger partial charge is 0.236 e. The van der Waals surface area contributed by atoms with Crippen LogP contribution in [0.3, 0.4) is 0 Å². The van der Waals surface area contributed by atoms with Crippen molar-refractivity contribution >= 4 is 48.8 Å².